The van der Waals surface area contributed by atoms with Crippen molar-refractivity contribution in [2.45, 2.75) is 31.7 Å². The molecule has 1 aromatic rings. The molecule has 2 saturated heterocycles. The van der Waals surface area contributed by atoms with Crippen LogP contribution in [0, 0.1) is 0 Å². The van der Waals surface area contributed by atoms with Crippen LogP contribution >= 0.6 is 12.4 Å². The molecule has 0 aliphatic carbocycles. The number of hydrogen-bond donors (Lipinski definition) is 1. The minimum Gasteiger partial charge on any atom is -0.484 e. The molecule has 2 heterocycles. The Labute approximate surface area is 154 Å². The van der Waals surface area contributed by atoms with Crippen LogP contribution in [-0.4, -0.2) is 56.0 Å². The van der Waals surface area contributed by atoms with E-state index in [4.69, 9.17) is 4.74 Å². The molecule has 138 valence electrons. The number of halogens is 1. The van der Waals surface area contributed by atoms with Crippen LogP contribution in [0.4, 0.5) is 5.69 Å². The molecule has 1 unspecified atom stereocenters. The first-order chi connectivity index (χ1) is 11.7. The topological polar surface area (TPSA) is 61.9 Å². The molecule has 2 aliphatic rings. The van der Waals surface area contributed by atoms with Gasteiger partial charge in [-0.25, -0.2) is 0 Å². The van der Waals surface area contributed by atoms with E-state index in [1.807, 2.05) is 36.2 Å². The minimum absolute atomic E-state index is 0. The second-order valence-corrected chi connectivity index (χ2v) is 6.37. The Hall–Kier alpha value is -1.79. The van der Waals surface area contributed by atoms with E-state index < -0.39 is 0 Å². The number of carbonyl (C=O) groups excluding carboxylic acids is 2. The van der Waals surface area contributed by atoms with Crippen LogP contribution in [0.15, 0.2) is 24.3 Å². The molecule has 2 fully saturated rings. The minimum atomic E-state index is 0. The molecule has 0 radical (unpaired) electrons. The van der Waals surface area contributed by atoms with Crippen LogP contribution in [0.25, 0.3) is 0 Å². The average Bonchev–Trinajstić information content (AvgIpc) is 3.22. The summed E-state index contributed by atoms with van der Waals surface area (Å²) in [4.78, 5) is 27.8. The molecule has 0 saturated carbocycles. The number of nitrogens with one attached hydrogen (secondary N) is 1. The largest absolute Gasteiger partial charge is 0.484 e. The fourth-order valence-corrected chi connectivity index (χ4v) is 3.48. The Balaban J connectivity index is 0.00000225. The van der Waals surface area contributed by atoms with Gasteiger partial charge in [0.05, 0.1) is 0 Å². The van der Waals surface area contributed by atoms with Gasteiger partial charge in [0.15, 0.2) is 6.61 Å². The highest BCUT2D eigenvalue weighted by Gasteiger charge is 2.28. The van der Waals surface area contributed by atoms with E-state index in [1.54, 1.807) is 4.90 Å². The molecular weight excluding hydrogens is 342 g/mol. The highest BCUT2D eigenvalue weighted by Crippen LogP contribution is 2.24. The molecule has 7 heteroatoms. The van der Waals surface area contributed by atoms with Gasteiger partial charge in [0.1, 0.15) is 5.75 Å². The number of rotatable bonds is 6. The number of benzene rings is 1. The molecule has 1 aromatic carbocycles. The van der Waals surface area contributed by atoms with E-state index in [0.29, 0.717) is 12.2 Å². The average molecular weight is 368 g/mol. The second-order valence-electron chi connectivity index (χ2n) is 6.37. The molecular formula is C18H26ClN3O3. The Morgan fingerprint density at radius 3 is 2.64 bits per heavy atom. The summed E-state index contributed by atoms with van der Waals surface area (Å²) < 4.78 is 5.64. The van der Waals surface area contributed by atoms with Crippen molar-refractivity contribution in [3.63, 3.8) is 0 Å². The van der Waals surface area contributed by atoms with Gasteiger partial charge in [-0.15, -0.1) is 12.4 Å². The van der Waals surface area contributed by atoms with Gasteiger partial charge in [-0.05, 0) is 50.6 Å². The van der Waals surface area contributed by atoms with Crippen LogP contribution in [0.3, 0.4) is 0 Å². The van der Waals surface area contributed by atoms with Crippen molar-refractivity contribution in [2.24, 2.45) is 0 Å². The normalized spacial score (nSPS) is 19.9. The molecule has 0 spiro atoms. The lowest BCUT2D eigenvalue weighted by Crippen LogP contribution is -2.43. The number of carbonyl (C=O) groups is 2. The molecule has 0 bridgehead atoms. The third-order valence-electron chi connectivity index (χ3n) is 4.72. The van der Waals surface area contributed by atoms with Crippen molar-refractivity contribution >= 4 is 29.9 Å². The summed E-state index contributed by atoms with van der Waals surface area (Å²) in [5.41, 5.74) is 0.893. The molecule has 0 aromatic heterocycles. The molecule has 3 rings (SSSR count). The SMILES string of the molecule is CNCC1CCCN1C(=O)COc1ccc(N2CCCC2=O)cc1.Cl. The maximum absolute atomic E-state index is 12.3. The number of likely N-dealkylation sites (N-methyl/N-ethyl adjacent to an activating group) is 1. The highest BCUT2D eigenvalue weighted by molar-refractivity contribution is 5.95. The number of anilines is 1. The van der Waals surface area contributed by atoms with Crippen molar-refractivity contribution in [2.75, 3.05) is 38.2 Å². The first-order valence-corrected chi connectivity index (χ1v) is 8.66. The van der Waals surface area contributed by atoms with Gasteiger partial charge in [-0.1, -0.05) is 0 Å². The molecule has 2 aliphatic heterocycles. The Kier molecular flexibility index (Phi) is 7.08. The lowest BCUT2D eigenvalue weighted by molar-refractivity contribution is -0.134. The van der Waals surface area contributed by atoms with E-state index in [0.717, 1.165) is 44.6 Å². The number of likely N-dealkylation sites (tertiary alicyclic amines) is 1. The Bertz CT molecular complexity index is 594. The molecule has 1 N–H and O–H groups in total. The van der Waals surface area contributed by atoms with Crippen LogP contribution < -0.4 is 15.0 Å². The van der Waals surface area contributed by atoms with Gasteiger partial charge >= 0.3 is 0 Å². The summed E-state index contributed by atoms with van der Waals surface area (Å²) in [6, 6.07) is 7.67. The lowest BCUT2D eigenvalue weighted by Gasteiger charge is -2.24. The predicted molar refractivity (Wildman–Crippen MR) is 99.4 cm³/mol. The summed E-state index contributed by atoms with van der Waals surface area (Å²) in [6.07, 6.45) is 3.63. The molecule has 1 atom stereocenters. The van der Waals surface area contributed by atoms with Gasteiger partial charge < -0.3 is 19.9 Å². The van der Waals surface area contributed by atoms with Crippen molar-refractivity contribution in [1.82, 2.24) is 10.2 Å². The van der Waals surface area contributed by atoms with Crippen LogP contribution in [0.2, 0.25) is 0 Å². The monoisotopic (exact) mass is 367 g/mol. The van der Waals surface area contributed by atoms with Crippen molar-refractivity contribution in [3.8, 4) is 5.75 Å². The Morgan fingerprint density at radius 1 is 1.24 bits per heavy atom. The maximum Gasteiger partial charge on any atom is 0.260 e. The van der Waals surface area contributed by atoms with Crippen molar-refractivity contribution in [1.29, 1.82) is 0 Å². The zero-order valence-corrected chi connectivity index (χ0v) is 15.4. The first kappa shape index (κ1) is 19.5. The van der Waals surface area contributed by atoms with Crippen LogP contribution in [0.1, 0.15) is 25.7 Å². The number of ether oxygens (including phenoxy) is 1. The summed E-state index contributed by atoms with van der Waals surface area (Å²) in [5, 5.41) is 3.14. The molecule has 6 nitrogen and oxygen atoms in total. The zero-order chi connectivity index (χ0) is 16.9. The Morgan fingerprint density at radius 2 is 2.00 bits per heavy atom. The second kappa shape index (κ2) is 9.06. The lowest BCUT2D eigenvalue weighted by atomic mass is 10.2. The van der Waals surface area contributed by atoms with Crippen LogP contribution in [0.5, 0.6) is 5.75 Å². The molecule has 2 amide bonds. The van der Waals surface area contributed by atoms with Gasteiger partial charge in [0.2, 0.25) is 5.91 Å². The smallest absolute Gasteiger partial charge is 0.260 e. The molecule has 25 heavy (non-hydrogen) atoms. The number of nitrogens with zero attached hydrogens (tertiary/aromatic N) is 2. The van der Waals surface area contributed by atoms with Gasteiger partial charge in [-0.2, -0.15) is 0 Å². The number of hydrogen-bond acceptors (Lipinski definition) is 4. The van der Waals surface area contributed by atoms with Gasteiger partial charge in [0, 0.05) is 37.8 Å². The van der Waals surface area contributed by atoms with E-state index in [2.05, 4.69) is 5.32 Å². The zero-order valence-electron chi connectivity index (χ0n) is 14.6. The third-order valence-corrected chi connectivity index (χ3v) is 4.72. The van der Waals surface area contributed by atoms with Crippen LogP contribution in [-0.2, 0) is 9.59 Å². The first-order valence-electron chi connectivity index (χ1n) is 8.66. The summed E-state index contributed by atoms with van der Waals surface area (Å²) in [6.45, 7) is 2.47. The van der Waals surface area contributed by atoms with Crippen molar-refractivity contribution in [3.05, 3.63) is 24.3 Å². The highest BCUT2D eigenvalue weighted by atomic mass is 35.5. The van der Waals surface area contributed by atoms with E-state index in [-0.39, 0.29) is 36.9 Å². The standard InChI is InChI=1S/C18H25N3O3.ClH/c1-19-12-15-4-2-10-21(15)18(23)13-24-16-8-6-14(7-9-16)20-11-3-5-17(20)22;/h6-9,15,19H,2-5,10-13H2,1H3;1H. The summed E-state index contributed by atoms with van der Waals surface area (Å²) >= 11 is 0. The fourth-order valence-electron chi connectivity index (χ4n) is 3.48. The maximum atomic E-state index is 12.3. The predicted octanol–water partition coefficient (Wildman–Crippen LogP) is 1.82. The van der Waals surface area contributed by atoms with E-state index in [1.165, 1.54) is 0 Å². The quantitative estimate of drug-likeness (QED) is 0.833. The fraction of sp³-hybridized carbons (Fsp3) is 0.556. The van der Waals surface area contributed by atoms with E-state index in [9.17, 15) is 9.59 Å². The van der Waals surface area contributed by atoms with Gasteiger partial charge in [-0.3, -0.25) is 9.59 Å². The third kappa shape index (κ3) is 4.64. The van der Waals surface area contributed by atoms with Crippen molar-refractivity contribution < 1.29 is 14.3 Å². The number of amides is 2. The van der Waals surface area contributed by atoms with Gasteiger partial charge in [0.25, 0.3) is 5.91 Å². The summed E-state index contributed by atoms with van der Waals surface area (Å²) in [7, 11) is 1.91. The summed E-state index contributed by atoms with van der Waals surface area (Å²) in [5.74, 6) is 0.859. The van der Waals surface area contributed by atoms with E-state index >= 15 is 0 Å².